The molecule has 0 aliphatic carbocycles. The molecule has 3 nitrogen and oxygen atoms in total. The third-order valence-corrected chi connectivity index (χ3v) is 2.18. The van der Waals surface area contributed by atoms with Gasteiger partial charge < -0.3 is 10.7 Å². The van der Waals surface area contributed by atoms with Crippen molar-refractivity contribution in [3.63, 3.8) is 0 Å². The molecule has 0 amide bonds. The summed E-state index contributed by atoms with van der Waals surface area (Å²) in [6.07, 6.45) is 1.94. The van der Waals surface area contributed by atoms with Gasteiger partial charge in [0.05, 0.1) is 0 Å². The van der Waals surface area contributed by atoms with Crippen molar-refractivity contribution >= 4 is 0 Å². The summed E-state index contributed by atoms with van der Waals surface area (Å²) in [5.41, 5.74) is 6.78. The number of hydrogen-bond donors (Lipinski definition) is 2. The fourth-order valence-corrected chi connectivity index (χ4v) is 1.07. The molecule has 68 valence electrons. The first-order valence-corrected chi connectivity index (χ1v) is 4.26. The van der Waals surface area contributed by atoms with Gasteiger partial charge in [0.2, 0.25) is 0 Å². The van der Waals surface area contributed by atoms with E-state index in [1.807, 2.05) is 12.3 Å². The summed E-state index contributed by atoms with van der Waals surface area (Å²) in [6.45, 7) is 3.77. The Morgan fingerprint density at radius 1 is 1.67 bits per heavy atom. The lowest BCUT2D eigenvalue weighted by Crippen LogP contribution is -2.34. The van der Waals surface area contributed by atoms with Crippen LogP contribution in [0.3, 0.4) is 0 Å². The zero-order chi connectivity index (χ0) is 8.97. The second-order valence-electron chi connectivity index (χ2n) is 3.20. The third kappa shape index (κ3) is 2.36. The zero-order valence-electron chi connectivity index (χ0n) is 7.75. The molecule has 0 spiro atoms. The molecule has 0 radical (unpaired) electrons. The zero-order valence-corrected chi connectivity index (χ0v) is 7.75. The van der Waals surface area contributed by atoms with Crippen LogP contribution in [0.15, 0.2) is 18.3 Å². The summed E-state index contributed by atoms with van der Waals surface area (Å²) >= 11 is 0. The highest BCUT2D eigenvalue weighted by Crippen LogP contribution is 2.02. The van der Waals surface area contributed by atoms with E-state index < -0.39 is 0 Å². The standard InChI is InChI=1S/C9H17N3/c1-8(6-10)12(2)7-9-4-3-5-11-9/h3-5,8,11H,6-7,10H2,1-2H3. The van der Waals surface area contributed by atoms with E-state index in [4.69, 9.17) is 5.73 Å². The van der Waals surface area contributed by atoms with Gasteiger partial charge in [-0.05, 0) is 26.1 Å². The van der Waals surface area contributed by atoms with E-state index in [2.05, 4.69) is 29.9 Å². The van der Waals surface area contributed by atoms with Crippen molar-refractivity contribution in [3.8, 4) is 0 Å². The summed E-state index contributed by atoms with van der Waals surface area (Å²) < 4.78 is 0. The van der Waals surface area contributed by atoms with Crippen molar-refractivity contribution in [2.45, 2.75) is 19.5 Å². The predicted octanol–water partition coefficient (Wildman–Crippen LogP) is 0.794. The molecule has 1 heterocycles. The lowest BCUT2D eigenvalue weighted by atomic mass is 10.3. The van der Waals surface area contributed by atoms with E-state index in [-0.39, 0.29) is 0 Å². The Bertz CT molecular complexity index is 206. The molecule has 0 bridgehead atoms. The van der Waals surface area contributed by atoms with Crippen LogP contribution in [0.1, 0.15) is 12.6 Å². The Hall–Kier alpha value is -0.800. The van der Waals surface area contributed by atoms with Gasteiger partial charge in [0, 0.05) is 31.0 Å². The molecule has 0 saturated heterocycles. The lowest BCUT2D eigenvalue weighted by molar-refractivity contribution is 0.252. The maximum Gasteiger partial charge on any atom is 0.0385 e. The smallest absolute Gasteiger partial charge is 0.0385 e. The number of hydrogen-bond acceptors (Lipinski definition) is 2. The van der Waals surface area contributed by atoms with Crippen molar-refractivity contribution in [3.05, 3.63) is 24.0 Å². The van der Waals surface area contributed by atoms with Gasteiger partial charge in [0.1, 0.15) is 0 Å². The highest BCUT2D eigenvalue weighted by molar-refractivity contribution is 5.03. The molecule has 1 aromatic rings. The molecule has 0 aliphatic rings. The lowest BCUT2D eigenvalue weighted by Gasteiger charge is -2.22. The Labute approximate surface area is 73.6 Å². The fourth-order valence-electron chi connectivity index (χ4n) is 1.07. The Morgan fingerprint density at radius 3 is 2.92 bits per heavy atom. The molecule has 12 heavy (non-hydrogen) atoms. The number of nitrogens with one attached hydrogen (secondary N) is 1. The number of likely N-dealkylation sites (N-methyl/N-ethyl adjacent to an activating group) is 1. The molecule has 1 rings (SSSR count). The van der Waals surface area contributed by atoms with Crippen LogP contribution < -0.4 is 5.73 Å². The van der Waals surface area contributed by atoms with Crippen molar-refractivity contribution in [1.29, 1.82) is 0 Å². The van der Waals surface area contributed by atoms with Crippen molar-refractivity contribution in [1.82, 2.24) is 9.88 Å². The highest BCUT2D eigenvalue weighted by atomic mass is 15.1. The summed E-state index contributed by atoms with van der Waals surface area (Å²) in [5, 5.41) is 0. The van der Waals surface area contributed by atoms with Crippen LogP contribution in [0.2, 0.25) is 0 Å². The first kappa shape index (κ1) is 9.29. The maximum atomic E-state index is 5.55. The fraction of sp³-hybridized carbons (Fsp3) is 0.556. The molecular formula is C9H17N3. The average Bonchev–Trinajstić information content (AvgIpc) is 2.55. The minimum absolute atomic E-state index is 0.438. The van der Waals surface area contributed by atoms with Gasteiger partial charge >= 0.3 is 0 Å². The van der Waals surface area contributed by atoms with E-state index in [0.29, 0.717) is 12.6 Å². The average molecular weight is 167 g/mol. The van der Waals surface area contributed by atoms with Crippen molar-refractivity contribution < 1.29 is 0 Å². The quantitative estimate of drug-likeness (QED) is 0.696. The molecule has 1 atom stereocenters. The largest absolute Gasteiger partial charge is 0.364 e. The maximum absolute atomic E-state index is 5.55. The van der Waals surface area contributed by atoms with Gasteiger partial charge in [-0.2, -0.15) is 0 Å². The Balaban J connectivity index is 2.41. The second kappa shape index (κ2) is 4.28. The first-order chi connectivity index (χ1) is 5.74. The molecule has 1 aromatic heterocycles. The summed E-state index contributed by atoms with van der Waals surface area (Å²) in [7, 11) is 2.08. The van der Waals surface area contributed by atoms with Gasteiger partial charge in [-0.25, -0.2) is 0 Å². The second-order valence-corrected chi connectivity index (χ2v) is 3.20. The molecular weight excluding hydrogens is 150 g/mol. The molecule has 0 fully saturated rings. The Morgan fingerprint density at radius 2 is 2.42 bits per heavy atom. The van der Waals surface area contributed by atoms with Crippen LogP contribution in [0.25, 0.3) is 0 Å². The summed E-state index contributed by atoms with van der Waals surface area (Å²) in [6, 6.07) is 4.53. The molecule has 3 heteroatoms. The van der Waals surface area contributed by atoms with Gasteiger partial charge in [0.25, 0.3) is 0 Å². The number of H-pyrrole nitrogens is 1. The normalized spacial score (nSPS) is 13.7. The summed E-state index contributed by atoms with van der Waals surface area (Å²) in [5.74, 6) is 0. The van der Waals surface area contributed by atoms with Crippen LogP contribution >= 0.6 is 0 Å². The number of nitrogens with two attached hydrogens (primary N) is 1. The van der Waals surface area contributed by atoms with Crippen LogP contribution in [0.5, 0.6) is 0 Å². The van der Waals surface area contributed by atoms with Gasteiger partial charge in [-0.15, -0.1) is 0 Å². The minimum Gasteiger partial charge on any atom is -0.364 e. The minimum atomic E-state index is 0.438. The van der Waals surface area contributed by atoms with Crippen LogP contribution in [-0.2, 0) is 6.54 Å². The highest BCUT2D eigenvalue weighted by Gasteiger charge is 2.06. The van der Waals surface area contributed by atoms with E-state index in [0.717, 1.165) is 6.54 Å². The van der Waals surface area contributed by atoms with Crippen LogP contribution in [0, 0.1) is 0 Å². The first-order valence-electron chi connectivity index (χ1n) is 4.26. The van der Waals surface area contributed by atoms with Gasteiger partial charge in [-0.3, -0.25) is 4.90 Å². The Kier molecular flexibility index (Phi) is 3.31. The molecule has 3 N–H and O–H groups in total. The van der Waals surface area contributed by atoms with Crippen LogP contribution in [-0.4, -0.2) is 29.5 Å². The third-order valence-electron chi connectivity index (χ3n) is 2.18. The van der Waals surface area contributed by atoms with E-state index in [9.17, 15) is 0 Å². The van der Waals surface area contributed by atoms with Crippen molar-refractivity contribution in [2.75, 3.05) is 13.6 Å². The van der Waals surface area contributed by atoms with Crippen molar-refractivity contribution in [2.24, 2.45) is 5.73 Å². The predicted molar refractivity (Wildman–Crippen MR) is 50.8 cm³/mol. The number of nitrogens with zero attached hydrogens (tertiary/aromatic N) is 1. The molecule has 0 aromatic carbocycles. The molecule has 0 aliphatic heterocycles. The number of aromatic amines is 1. The summed E-state index contributed by atoms with van der Waals surface area (Å²) in [4.78, 5) is 5.39. The van der Waals surface area contributed by atoms with Crippen LogP contribution in [0.4, 0.5) is 0 Å². The van der Waals surface area contributed by atoms with Gasteiger partial charge in [0.15, 0.2) is 0 Å². The molecule has 1 unspecified atom stereocenters. The SMILES string of the molecule is CC(CN)N(C)Cc1ccc[nH]1. The van der Waals surface area contributed by atoms with E-state index >= 15 is 0 Å². The molecule has 0 saturated carbocycles. The topological polar surface area (TPSA) is 45.0 Å². The van der Waals surface area contributed by atoms with E-state index in [1.165, 1.54) is 5.69 Å². The number of aromatic nitrogens is 1. The van der Waals surface area contributed by atoms with Gasteiger partial charge in [-0.1, -0.05) is 0 Å². The number of rotatable bonds is 4. The monoisotopic (exact) mass is 167 g/mol. The van der Waals surface area contributed by atoms with E-state index in [1.54, 1.807) is 0 Å².